The predicted molar refractivity (Wildman–Crippen MR) is 70.7 cm³/mol. The average molecular weight is 233 g/mol. The largest absolute Gasteiger partial charge is 0.478 e. The molecule has 2 N–H and O–H groups in total. The van der Waals surface area contributed by atoms with E-state index in [2.05, 4.69) is 39.1 Å². The number of hydrogen-bond donors (Lipinski definition) is 2. The number of aliphatic carboxylic acids is 1. The van der Waals surface area contributed by atoms with Crippen molar-refractivity contribution < 1.29 is 9.90 Å². The van der Waals surface area contributed by atoms with Gasteiger partial charge in [0, 0.05) is 18.3 Å². The van der Waals surface area contributed by atoms with Crippen molar-refractivity contribution in [3.8, 4) is 0 Å². The fourth-order valence-electron chi connectivity index (χ4n) is 1.80. The van der Waals surface area contributed by atoms with Gasteiger partial charge in [-0.1, -0.05) is 12.1 Å². The summed E-state index contributed by atoms with van der Waals surface area (Å²) in [5.41, 5.74) is 6.04. The molecular weight excluding hydrogens is 214 g/mol. The van der Waals surface area contributed by atoms with E-state index in [9.17, 15) is 4.79 Å². The molecule has 0 fully saturated rings. The van der Waals surface area contributed by atoms with Crippen molar-refractivity contribution in [2.45, 2.75) is 27.7 Å². The van der Waals surface area contributed by atoms with Gasteiger partial charge < -0.3 is 10.4 Å². The van der Waals surface area contributed by atoms with Gasteiger partial charge in [-0.3, -0.25) is 0 Å². The van der Waals surface area contributed by atoms with E-state index in [1.807, 2.05) is 0 Å². The summed E-state index contributed by atoms with van der Waals surface area (Å²) in [6, 6.07) is 2.17. The van der Waals surface area contributed by atoms with Crippen LogP contribution in [0.5, 0.6) is 0 Å². The summed E-state index contributed by atoms with van der Waals surface area (Å²) in [6.45, 7) is 8.84. The first kappa shape index (κ1) is 13.3. The number of aryl methyl sites for hydroxylation is 2. The lowest BCUT2D eigenvalue weighted by Crippen LogP contribution is -2.05. The van der Waals surface area contributed by atoms with Gasteiger partial charge in [0.2, 0.25) is 0 Å². The molecule has 0 aliphatic carbocycles. The van der Waals surface area contributed by atoms with E-state index in [0.29, 0.717) is 6.54 Å². The van der Waals surface area contributed by atoms with E-state index in [1.165, 1.54) is 22.3 Å². The van der Waals surface area contributed by atoms with Gasteiger partial charge in [0.25, 0.3) is 0 Å². The molecule has 0 unspecified atom stereocenters. The number of carboxylic acids is 1. The zero-order valence-corrected chi connectivity index (χ0v) is 10.8. The van der Waals surface area contributed by atoms with Crippen molar-refractivity contribution >= 4 is 11.7 Å². The molecule has 0 spiro atoms. The summed E-state index contributed by atoms with van der Waals surface area (Å²) >= 11 is 0. The van der Waals surface area contributed by atoms with Crippen LogP contribution in [0.1, 0.15) is 22.3 Å². The fraction of sp³-hybridized carbons (Fsp3) is 0.357. The highest BCUT2D eigenvalue weighted by molar-refractivity contribution is 5.79. The van der Waals surface area contributed by atoms with Gasteiger partial charge >= 0.3 is 5.97 Å². The minimum atomic E-state index is -0.916. The molecule has 3 heteroatoms. The zero-order valence-electron chi connectivity index (χ0n) is 10.8. The molecule has 92 valence electrons. The molecule has 1 aromatic carbocycles. The summed E-state index contributed by atoms with van der Waals surface area (Å²) < 4.78 is 0. The second-order valence-corrected chi connectivity index (χ2v) is 4.26. The van der Waals surface area contributed by atoms with Crippen molar-refractivity contribution in [3.63, 3.8) is 0 Å². The number of benzene rings is 1. The summed E-state index contributed by atoms with van der Waals surface area (Å²) in [5.74, 6) is -0.916. The van der Waals surface area contributed by atoms with E-state index < -0.39 is 5.97 Å². The van der Waals surface area contributed by atoms with Gasteiger partial charge in [0.1, 0.15) is 0 Å². The van der Waals surface area contributed by atoms with Crippen LogP contribution in [0.3, 0.4) is 0 Å². The Labute approximate surface area is 102 Å². The van der Waals surface area contributed by atoms with Gasteiger partial charge in [-0.2, -0.15) is 0 Å². The van der Waals surface area contributed by atoms with Crippen LogP contribution in [-0.4, -0.2) is 17.6 Å². The Hall–Kier alpha value is -1.77. The molecule has 0 amide bonds. The van der Waals surface area contributed by atoms with Crippen molar-refractivity contribution in [2.24, 2.45) is 0 Å². The highest BCUT2D eigenvalue weighted by Gasteiger charge is 2.06. The molecule has 0 radical (unpaired) electrons. The summed E-state index contributed by atoms with van der Waals surface area (Å²) in [6.07, 6.45) is 2.76. The van der Waals surface area contributed by atoms with Crippen LogP contribution in [0.2, 0.25) is 0 Å². The highest BCUT2D eigenvalue weighted by atomic mass is 16.4. The van der Waals surface area contributed by atoms with E-state index in [0.717, 1.165) is 11.8 Å². The summed E-state index contributed by atoms with van der Waals surface area (Å²) in [4.78, 5) is 10.3. The Bertz CT molecular complexity index is 436. The first-order chi connectivity index (χ1) is 7.93. The first-order valence-corrected chi connectivity index (χ1v) is 5.64. The van der Waals surface area contributed by atoms with Crippen LogP contribution in [0, 0.1) is 27.7 Å². The fourth-order valence-corrected chi connectivity index (χ4v) is 1.80. The molecule has 0 bridgehead atoms. The lowest BCUT2D eigenvalue weighted by Gasteiger charge is -2.16. The monoisotopic (exact) mass is 233 g/mol. The van der Waals surface area contributed by atoms with Crippen LogP contribution in [0.25, 0.3) is 0 Å². The van der Waals surface area contributed by atoms with E-state index in [-0.39, 0.29) is 0 Å². The highest BCUT2D eigenvalue weighted by Crippen LogP contribution is 2.26. The second kappa shape index (κ2) is 5.53. The molecule has 0 saturated heterocycles. The number of hydrogen-bond acceptors (Lipinski definition) is 2. The van der Waals surface area contributed by atoms with Crippen LogP contribution < -0.4 is 5.32 Å². The normalized spacial score (nSPS) is 10.8. The lowest BCUT2D eigenvalue weighted by molar-refractivity contribution is -0.131. The SMILES string of the molecule is Cc1cc(C)c(C)c(NC/C=C/C(=O)O)c1C. The van der Waals surface area contributed by atoms with Crippen LogP contribution >= 0.6 is 0 Å². The molecule has 1 rings (SSSR count). The number of nitrogens with one attached hydrogen (secondary N) is 1. The molecule has 0 atom stereocenters. The molecule has 0 aromatic heterocycles. The van der Waals surface area contributed by atoms with Crippen molar-refractivity contribution in [2.75, 3.05) is 11.9 Å². The number of rotatable bonds is 4. The van der Waals surface area contributed by atoms with Gasteiger partial charge in [-0.05, 0) is 49.9 Å². The molecule has 0 saturated carbocycles. The Kier molecular flexibility index (Phi) is 4.32. The lowest BCUT2D eigenvalue weighted by atomic mass is 9.99. The molecular formula is C14H19NO2. The third-order valence-electron chi connectivity index (χ3n) is 3.02. The predicted octanol–water partition coefficient (Wildman–Crippen LogP) is 2.97. The molecule has 1 aromatic rings. The Morgan fingerprint density at radius 1 is 1.24 bits per heavy atom. The van der Waals surface area contributed by atoms with Crippen LogP contribution in [-0.2, 0) is 4.79 Å². The zero-order chi connectivity index (χ0) is 13.0. The summed E-state index contributed by atoms with van der Waals surface area (Å²) in [5, 5.41) is 11.8. The smallest absolute Gasteiger partial charge is 0.328 e. The minimum absolute atomic E-state index is 0.525. The Balaban J connectivity index is 2.87. The molecule has 0 heterocycles. The summed E-state index contributed by atoms with van der Waals surface area (Å²) in [7, 11) is 0. The number of carboxylic acid groups (broad SMARTS) is 1. The Morgan fingerprint density at radius 2 is 1.76 bits per heavy atom. The maximum absolute atomic E-state index is 10.3. The van der Waals surface area contributed by atoms with Crippen molar-refractivity contribution in [1.82, 2.24) is 0 Å². The van der Waals surface area contributed by atoms with Crippen LogP contribution in [0.15, 0.2) is 18.2 Å². The minimum Gasteiger partial charge on any atom is -0.478 e. The number of anilines is 1. The van der Waals surface area contributed by atoms with Crippen molar-refractivity contribution in [1.29, 1.82) is 0 Å². The maximum atomic E-state index is 10.3. The third kappa shape index (κ3) is 3.34. The van der Waals surface area contributed by atoms with E-state index in [1.54, 1.807) is 6.08 Å². The topological polar surface area (TPSA) is 49.3 Å². The molecule has 0 aliphatic heterocycles. The quantitative estimate of drug-likeness (QED) is 0.786. The average Bonchev–Trinajstić information content (AvgIpc) is 2.25. The molecule has 0 aliphatic rings. The van der Waals surface area contributed by atoms with Gasteiger partial charge in [-0.25, -0.2) is 4.79 Å². The molecule has 17 heavy (non-hydrogen) atoms. The standard InChI is InChI=1S/C14H19NO2/c1-9-8-10(2)12(4)14(11(9)3)15-7-5-6-13(16)17/h5-6,8,15H,7H2,1-4H3,(H,16,17)/b6-5+. The second-order valence-electron chi connectivity index (χ2n) is 4.26. The van der Waals surface area contributed by atoms with E-state index >= 15 is 0 Å². The maximum Gasteiger partial charge on any atom is 0.328 e. The van der Waals surface area contributed by atoms with Gasteiger partial charge in [0.05, 0.1) is 0 Å². The first-order valence-electron chi connectivity index (χ1n) is 5.64. The van der Waals surface area contributed by atoms with E-state index in [4.69, 9.17) is 5.11 Å². The van der Waals surface area contributed by atoms with Gasteiger partial charge in [-0.15, -0.1) is 0 Å². The Morgan fingerprint density at radius 3 is 2.24 bits per heavy atom. The number of carbonyl (C=O) groups is 1. The van der Waals surface area contributed by atoms with Crippen LogP contribution in [0.4, 0.5) is 5.69 Å². The van der Waals surface area contributed by atoms with Crippen molar-refractivity contribution in [3.05, 3.63) is 40.5 Å². The van der Waals surface area contributed by atoms with Gasteiger partial charge in [0.15, 0.2) is 0 Å². The third-order valence-corrected chi connectivity index (χ3v) is 3.02. The molecule has 3 nitrogen and oxygen atoms in total.